The molecule has 0 saturated carbocycles. The molecule has 1 aromatic carbocycles. The van der Waals surface area contributed by atoms with Crippen molar-refractivity contribution in [1.29, 1.82) is 0 Å². The number of amides is 12. The first-order valence-electron chi connectivity index (χ1n) is 34.2. The van der Waals surface area contributed by atoms with Crippen LogP contribution in [0.4, 0.5) is 13.2 Å². The summed E-state index contributed by atoms with van der Waals surface area (Å²) in [5, 5.41) is 13.1. The summed E-state index contributed by atoms with van der Waals surface area (Å²) >= 11 is 6.12. The molecule has 0 aromatic heterocycles. The second-order valence-electron chi connectivity index (χ2n) is 29.2. The maximum atomic E-state index is 15.2. The van der Waals surface area contributed by atoms with E-state index in [2.05, 4.69) is 26.6 Å². The van der Waals surface area contributed by atoms with Gasteiger partial charge in [-0.1, -0.05) is 79.5 Å². The number of carbonyl (C=O) groups is 12. The van der Waals surface area contributed by atoms with Gasteiger partial charge in [0, 0.05) is 72.9 Å². The number of hydrogen-bond donors (Lipinski definition) is 5. The monoisotopic (exact) mass is 1420 g/mol. The maximum Gasteiger partial charge on any atom is 0.417 e. The van der Waals surface area contributed by atoms with Gasteiger partial charge < -0.3 is 70.4 Å². The number of benzene rings is 1. The topological polar surface area (TPSA) is 306 Å². The average Bonchev–Trinajstić information content (AvgIpc) is 0.798. The van der Waals surface area contributed by atoms with E-state index in [1.165, 1.54) is 63.8 Å². The summed E-state index contributed by atoms with van der Waals surface area (Å²) in [5.41, 5.74) is -3.52. The lowest BCUT2D eigenvalue weighted by Crippen LogP contribution is -2.64. The largest absolute Gasteiger partial charge is 0.417 e. The van der Waals surface area contributed by atoms with Crippen LogP contribution in [0.3, 0.4) is 0 Å². The molecule has 9 atom stereocenters. The Morgan fingerprint density at radius 3 is 1.80 bits per heavy atom. The minimum atomic E-state index is -4.81. The molecular weight excluding hydrogens is 1310 g/mol. The van der Waals surface area contributed by atoms with Gasteiger partial charge >= 0.3 is 6.18 Å². The van der Waals surface area contributed by atoms with Crippen LogP contribution in [-0.4, -0.2) is 252 Å². The smallest absolute Gasteiger partial charge is 0.379 e. The Bertz CT molecular complexity index is 3000. The summed E-state index contributed by atoms with van der Waals surface area (Å²) in [6.45, 7) is 23.4. The van der Waals surface area contributed by atoms with E-state index in [9.17, 15) is 65.9 Å². The van der Waals surface area contributed by atoms with Gasteiger partial charge in [0.1, 0.15) is 54.4 Å². The number of hydrogen-bond acceptors (Lipinski definition) is 14. The summed E-state index contributed by atoms with van der Waals surface area (Å²) in [7, 11) is 6.61. The number of aryl methyl sites for hydroxylation is 1. The molecule has 2 aliphatic rings. The van der Waals surface area contributed by atoms with E-state index < -0.39 is 179 Å². The van der Waals surface area contributed by atoms with Crippen molar-refractivity contribution >= 4 is 82.5 Å². The first-order valence-corrected chi connectivity index (χ1v) is 34.6. The van der Waals surface area contributed by atoms with Crippen molar-refractivity contribution in [3.05, 3.63) is 34.3 Å². The number of rotatable bonds is 19. The van der Waals surface area contributed by atoms with Crippen molar-refractivity contribution in [3.8, 4) is 0 Å². The second kappa shape index (κ2) is 38.0. The minimum absolute atomic E-state index is 0.0199. The number of likely N-dealkylation sites (N-methyl/N-ethyl adjacent to an activating group) is 6. The van der Waals surface area contributed by atoms with E-state index >= 15 is 4.79 Å². The van der Waals surface area contributed by atoms with Crippen molar-refractivity contribution in [2.75, 3.05) is 87.8 Å². The molecule has 1 aromatic rings. The SMILES string of the molecule is CC[C@H](C)[C@@H]1NC(=O)[C@H](CC(C)C)N(C)C(=O)C[C@@H](C)NC(=O)[C@H](CC(C)C)N(C)C(=O)C(C)(C)NC(=O)[C@H](COCC(=O)NC(C)(C)C)N(C)C(=O)[C@H](CCc2ccc(C(F)(F)F)c(Cl)c2)NC(=O)CN(C)C(=O)[C@H](COCCC(C)C)N(C)C(=O)[C@@H]2CCN2C(=O)CN(CC)C1=O. The van der Waals surface area contributed by atoms with Gasteiger partial charge in [0.2, 0.25) is 70.9 Å². The van der Waals surface area contributed by atoms with Crippen molar-refractivity contribution in [2.24, 2.45) is 23.7 Å². The molecule has 0 unspecified atom stereocenters. The van der Waals surface area contributed by atoms with Crippen LogP contribution >= 0.6 is 11.6 Å². The first-order chi connectivity index (χ1) is 45.8. The van der Waals surface area contributed by atoms with E-state index in [0.717, 1.165) is 37.8 Å². The van der Waals surface area contributed by atoms with E-state index in [4.69, 9.17) is 21.1 Å². The quantitative estimate of drug-likeness (QED) is 0.120. The maximum absolute atomic E-state index is 15.2. The number of nitrogens with one attached hydrogen (secondary N) is 5. The zero-order valence-electron chi connectivity index (χ0n) is 61.8. The van der Waals surface area contributed by atoms with Gasteiger partial charge in [-0.25, -0.2) is 0 Å². The Balaban J connectivity index is 2.31. The number of alkyl halides is 3. The van der Waals surface area contributed by atoms with Gasteiger partial charge in [0.05, 0.1) is 36.9 Å². The highest BCUT2D eigenvalue weighted by Crippen LogP contribution is 2.35. The van der Waals surface area contributed by atoms with Crippen LogP contribution < -0.4 is 26.6 Å². The van der Waals surface area contributed by atoms with Crippen LogP contribution in [-0.2, 0) is 79.6 Å². The summed E-state index contributed by atoms with van der Waals surface area (Å²) in [5.74, 6) is -9.43. The van der Waals surface area contributed by atoms with Crippen molar-refractivity contribution in [1.82, 2.24) is 60.9 Å². The molecule has 3 rings (SSSR count). The number of halogens is 4. The molecule has 30 heteroatoms. The molecule has 0 aliphatic carbocycles. The Morgan fingerprint density at radius 2 is 1.27 bits per heavy atom. The predicted octanol–water partition coefficient (Wildman–Crippen LogP) is 4.41. The van der Waals surface area contributed by atoms with E-state index in [1.54, 1.807) is 41.5 Å². The third-order valence-corrected chi connectivity index (χ3v) is 18.0. The molecular formula is C69H112ClF3N12O14. The summed E-state index contributed by atoms with van der Waals surface area (Å²) < 4.78 is 53.4. The Morgan fingerprint density at radius 1 is 0.697 bits per heavy atom. The molecule has 2 aliphatic heterocycles. The normalized spacial score (nSPS) is 24.0. The van der Waals surface area contributed by atoms with Gasteiger partial charge in [-0.3, -0.25) is 57.5 Å². The summed E-state index contributed by atoms with van der Waals surface area (Å²) in [4.78, 5) is 182. The highest BCUT2D eigenvalue weighted by Gasteiger charge is 2.46. The lowest BCUT2D eigenvalue weighted by molar-refractivity contribution is -0.159. The van der Waals surface area contributed by atoms with Gasteiger partial charge in [-0.2, -0.15) is 13.2 Å². The number of ether oxygens (including phenoxy) is 2. The van der Waals surface area contributed by atoms with Gasteiger partial charge in [-0.15, -0.1) is 0 Å². The Kier molecular flexibility index (Phi) is 33.1. The van der Waals surface area contributed by atoms with Gasteiger partial charge in [0.25, 0.3) is 0 Å². The molecule has 26 nitrogen and oxygen atoms in total. The summed E-state index contributed by atoms with van der Waals surface area (Å²) in [6.07, 6.45) is -4.24. The third-order valence-electron chi connectivity index (χ3n) is 17.7. The molecule has 2 heterocycles. The number of carbonyl (C=O) groups excluding carboxylic acids is 12. The molecule has 2 fully saturated rings. The molecule has 560 valence electrons. The molecule has 2 saturated heterocycles. The van der Waals surface area contributed by atoms with Crippen LogP contribution in [0.15, 0.2) is 18.2 Å². The molecule has 0 spiro atoms. The Hall–Kier alpha value is -7.14. The predicted molar refractivity (Wildman–Crippen MR) is 367 cm³/mol. The molecule has 99 heavy (non-hydrogen) atoms. The Labute approximate surface area is 587 Å². The molecule has 0 bridgehead atoms. The van der Waals surface area contributed by atoms with Crippen molar-refractivity contribution in [3.63, 3.8) is 0 Å². The zero-order chi connectivity index (χ0) is 75.5. The molecule has 12 amide bonds. The van der Waals surface area contributed by atoms with Crippen LogP contribution in [0, 0.1) is 23.7 Å². The van der Waals surface area contributed by atoms with E-state index in [-0.39, 0.29) is 88.1 Å². The highest BCUT2D eigenvalue weighted by atomic mass is 35.5. The van der Waals surface area contributed by atoms with Crippen LogP contribution in [0.1, 0.15) is 160 Å². The second-order valence-corrected chi connectivity index (χ2v) is 29.6. The van der Waals surface area contributed by atoms with Crippen LogP contribution in [0.5, 0.6) is 0 Å². The number of nitrogens with zero attached hydrogens (tertiary/aromatic N) is 7. The minimum Gasteiger partial charge on any atom is -0.379 e. The fraction of sp³-hybridized carbons (Fsp3) is 0.739. The molecule has 0 radical (unpaired) electrons. The zero-order valence-corrected chi connectivity index (χ0v) is 62.6. The molecule has 5 N–H and O–H groups in total. The summed E-state index contributed by atoms with van der Waals surface area (Å²) in [6, 6.07) is -7.23. The van der Waals surface area contributed by atoms with Crippen molar-refractivity contribution < 1.29 is 80.2 Å². The fourth-order valence-electron chi connectivity index (χ4n) is 11.5. The lowest BCUT2D eigenvalue weighted by Gasteiger charge is -2.43. The van der Waals surface area contributed by atoms with Crippen LogP contribution in [0.2, 0.25) is 5.02 Å². The highest BCUT2D eigenvalue weighted by molar-refractivity contribution is 6.31. The van der Waals surface area contributed by atoms with Crippen molar-refractivity contribution in [2.45, 2.75) is 221 Å². The fourth-order valence-corrected chi connectivity index (χ4v) is 11.8. The lowest BCUT2D eigenvalue weighted by atomic mass is 9.95. The van der Waals surface area contributed by atoms with Gasteiger partial charge in [0.15, 0.2) is 0 Å². The number of fused-ring (bicyclic) bond motifs is 1. The standard InChI is InChI=1S/C69H112ClF3N12O14/c1-21-43(9)58-65(96)84(22-2)36-57(89)85-29-27-49(85)64(95)82(19)53(38-98-30-28-40(3)4)63(94)79(16)35-54(86)75-48(26-24-45-23-25-46(47(70)34-45)69(71,72)73)62(93)81(18)52(37-99-39-55(87)77-67(11,12)13)61(92)78-68(14,15)66(97)83(20)51(32-42(7)8)59(90)74-44(10)33-56(88)80(17)50(31-41(5)6)60(91)76-58/h23,25,34,40-44,48-53,58H,21-22,24,26-33,35-39H2,1-20H3,(H,74,90)(H,75,86)(H,76,91)(H,77,87)(H,78,92)/t43-,44+,48-,49-,50-,51-,52-,53-,58-/m0/s1. The third kappa shape index (κ3) is 25.8. The van der Waals surface area contributed by atoms with E-state index in [0.29, 0.717) is 12.8 Å². The average molecular weight is 1430 g/mol. The van der Waals surface area contributed by atoms with E-state index in [1.807, 2.05) is 48.5 Å². The first kappa shape index (κ1) is 86.1. The van der Waals surface area contributed by atoms with Gasteiger partial charge in [-0.05, 0) is 128 Å². The van der Waals surface area contributed by atoms with Crippen LogP contribution in [0.25, 0.3) is 0 Å².